The van der Waals surface area contributed by atoms with Gasteiger partial charge in [0, 0.05) is 23.5 Å². The number of ether oxygens (including phenoxy) is 1. The molecule has 3 aromatic carbocycles. The number of aromatic nitrogens is 2. The normalized spacial score (nSPS) is 14.1. The first-order valence-corrected chi connectivity index (χ1v) is 11.8. The van der Waals surface area contributed by atoms with Gasteiger partial charge in [-0.15, -0.1) is 0 Å². The number of aliphatic hydroxyl groups excluding tert-OH is 1. The highest BCUT2D eigenvalue weighted by molar-refractivity contribution is 6.20. The predicted octanol–water partition coefficient (Wildman–Crippen LogP) is 5.97. The fourth-order valence-corrected chi connectivity index (χ4v) is 4.08. The molecule has 6 nitrogen and oxygen atoms in total. The number of aliphatic hydroxyl groups is 1. The van der Waals surface area contributed by atoms with E-state index in [1.165, 1.54) is 0 Å². The lowest BCUT2D eigenvalue weighted by atomic mass is 9.77. The summed E-state index contributed by atoms with van der Waals surface area (Å²) in [5, 5.41) is 13.4. The number of nitrogens with one attached hydrogen (secondary N) is 1. The third-order valence-electron chi connectivity index (χ3n) is 6.06. The van der Waals surface area contributed by atoms with Gasteiger partial charge in [-0.25, -0.2) is 4.98 Å². The third kappa shape index (κ3) is 5.73. The second-order valence-electron chi connectivity index (χ2n) is 8.90. The van der Waals surface area contributed by atoms with Crippen molar-refractivity contribution in [3.63, 3.8) is 0 Å². The summed E-state index contributed by atoms with van der Waals surface area (Å²) >= 11 is 6.20. The van der Waals surface area contributed by atoms with Crippen molar-refractivity contribution in [2.75, 3.05) is 5.32 Å². The Morgan fingerprint density at radius 1 is 0.971 bits per heavy atom. The zero-order valence-electron chi connectivity index (χ0n) is 19.6. The summed E-state index contributed by atoms with van der Waals surface area (Å²) in [5.74, 6) is -0.639. The van der Waals surface area contributed by atoms with Gasteiger partial charge in [0.15, 0.2) is 6.23 Å². The van der Waals surface area contributed by atoms with Crippen LogP contribution in [0.4, 0.5) is 5.69 Å². The average Bonchev–Trinajstić information content (AvgIpc) is 3.40. The smallest absolute Gasteiger partial charge is 0.233 e. The van der Waals surface area contributed by atoms with Gasteiger partial charge < -0.3 is 19.7 Å². The summed E-state index contributed by atoms with van der Waals surface area (Å²) in [6, 6.07) is 26.8. The Hall–Kier alpha value is -3.61. The molecule has 3 unspecified atom stereocenters. The molecule has 0 aliphatic carbocycles. The van der Waals surface area contributed by atoms with Crippen LogP contribution in [0.15, 0.2) is 104 Å². The lowest BCUT2D eigenvalue weighted by Crippen LogP contribution is -2.47. The summed E-state index contributed by atoms with van der Waals surface area (Å²) in [5.41, 5.74) is 0.422. The summed E-state index contributed by atoms with van der Waals surface area (Å²) in [7, 11) is 0. The number of amides is 1. The average molecular weight is 490 g/mol. The predicted molar refractivity (Wildman–Crippen MR) is 138 cm³/mol. The molecule has 0 aliphatic heterocycles. The summed E-state index contributed by atoms with van der Waals surface area (Å²) in [4.78, 5) is 17.8. The van der Waals surface area contributed by atoms with E-state index in [0.717, 1.165) is 11.1 Å². The van der Waals surface area contributed by atoms with Crippen molar-refractivity contribution in [3.8, 4) is 16.9 Å². The number of carbonyl (C=O) groups is 1. The minimum Gasteiger partial charge on any atom is -0.469 e. The first-order chi connectivity index (χ1) is 16.9. The van der Waals surface area contributed by atoms with E-state index in [4.69, 9.17) is 16.3 Å². The zero-order chi connectivity index (χ0) is 24.8. The molecule has 0 fully saturated rings. The highest BCUT2D eigenvalue weighted by Gasteiger charge is 2.47. The molecular weight excluding hydrogens is 462 g/mol. The van der Waals surface area contributed by atoms with Gasteiger partial charge in [0.05, 0.1) is 6.33 Å². The Bertz CT molecular complexity index is 1210. The van der Waals surface area contributed by atoms with E-state index in [-0.39, 0.29) is 5.91 Å². The molecule has 1 heterocycles. The van der Waals surface area contributed by atoms with Crippen molar-refractivity contribution < 1.29 is 14.6 Å². The van der Waals surface area contributed by atoms with E-state index in [1.54, 1.807) is 49.3 Å². The van der Waals surface area contributed by atoms with Crippen LogP contribution in [0.3, 0.4) is 0 Å². The Morgan fingerprint density at radius 3 is 2.14 bits per heavy atom. The summed E-state index contributed by atoms with van der Waals surface area (Å²) < 4.78 is 8.11. The van der Waals surface area contributed by atoms with Crippen LogP contribution in [0, 0.1) is 11.3 Å². The Labute approximate surface area is 210 Å². The molecule has 0 bridgehead atoms. The molecule has 35 heavy (non-hydrogen) atoms. The van der Waals surface area contributed by atoms with Gasteiger partial charge in [-0.3, -0.25) is 4.79 Å². The molecule has 0 saturated carbocycles. The van der Waals surface area contributed by atoms with Gasteiger partial charge in [0.25, 0.3) is 0 Å². The number of halogens is 1. The van der Waals surface area contributed by atoms with E-state index in [0.29, 0.717) is 11.4 Å². The molecule has 180 valence electrons. The second kappa shape index (κ2) is 10.8. The Balaban J connectivity index is 1.68. The number of alkyl halides is 1. The minimum atomic E-state index is -1.30. The fraction of sp³-hybridized carbons (Fsp3) is 0.214. The van der Waals surface area contributed by atoms with E-state index >= 15 is 0 Å². The Kier molecular flexibility index (Phi) is 7.54. The third-order valence-corrected chi connectivity index (χ3v) is 6.62. The first-order valence-electron chi connectivity index (χ1n) is 11.3. The quantitative estimate of drug-likeness (QED) is 0.284. The monoisotopic (exact) mass is 489 g/mol. The van der Waals surface area contributed by atoms with E-state index in [1.807, 2.05) is 72.8 Å². The number of benzene rings is 3. The lowest BCUT2D eigenvalue weighted by molar-refractivity contribution is -0.134. The molecule has 0 radical (unpaired) electrons. The maximum Gasteiger partial charge on any atom is 0.233 e. The van der Waals surface area contributed by atoms with Crippen LogP contribution in [0.25, 0.3) is 11.1 Å². The van der Waals surface area contributed by atoms with Crippen LogP contribution in [-0.4, -0.2) is 26.1 Å². The van der Waals surface area contributed by atoms with E-state index in [9.17, 15) is 9.90 Å². The van der Waals surface area contributed by atoms with Crippen LogP contribution in [0.5, 0.6) is 5.75 Å². The molecule has 0 aliphatic rings. The van der Waals surface area contributed by atoms with Crippen molar-refractivity contribution in [2.24, 2.45) is 11.3 Å². The number of nitrogens with zero attached hydrogens (tertiary/aromatic N) is 2. The van der Waals surface area contributed by atoms with Crippen LogP contribution in [0.2, 0.25) is 0 Å². The van der Waals surface area contributed by atoms with Crippen LogP contribution in [-0.2, 0) is 4.79 Å². The number of anilines is 1. The van der Waals surface area contributed by atoms with Gasteiger partial charge in [-0.2, -0.15) is 0 Å². The molecule has 0 spiro atoms. The van der Waals surface area contributed by atoms with Gasteiger partial charge >= 0.3 is 0 Å². The highest BCUT2D eigenvalue weighted by Crippen LogP contribution is 2.41. The maximum absolute atomic E-state index is 13.6. The van der Waals surface area contributed by atoms with Crippen molar-refractivity contribution in [3.05, 3.63) is 104 Å². The molecule has 3 atom stereocenters. The van der Waals surface area contributed by atoms with Gasteiger partial charge in [-0.05, 0) is 35.4 Å². The van der Waals surface area contributed by atoms with Crippen molar-refractivity contribution in [1.82, 2.24) is 9.55 Å². The van der Waals surface area contributed by atoms with Gasteiger partial charge in [0.1, 0.15) is 17.2 Å². The topological polar surface area (TPSA) is 76.4 Å². The molecule has 1 aromatic heterocycles. The molecule has 2 N–H and O–H groups in total. The SMILES string of the molecule is CC(C)(C(O)Cl)C(C(=O)Nc1ccccc1)C(Oc1ccc(-c2ccccc2)cc1)n1ccnc1. The molecule has 7 heteroatoms. The Morgan fingerprint density at radius 2 is 1.57 bits per heavy atom. The highest BCUT2D eigenvalue weighted by atomic mass is 35.5. The van der Waals surface area contributed by atoms with Crippen LogP contribution >= 0.6 is 11.6 Å². The van der Waals surface area contributed by atoms with Crippen LogP contribution < -0.4 is 10.1 Å². The minimum absolute atomic E-state index is 0.333. The number of para-hydroxylation sites is 1. The van der Waals surface area contributed by atoms with Gasteiger partial charge in [0.2, 0.25) is 5.91 Å². The largest absolute Gasteiger partial charge is 0.469 e. The number of rotatable bonds is 9. The summed E-state index contributed by atoms with van der Waals surface area (Å²) in [6.45, 7) is 3.48. The molecule has 4 aromatic rings. The molecule has 0 saturated heterocycles. The maximum atomic E-state index is 13.6. The summed E-state index contributed by atoms with van der Waals surface area (Å²) in [6.07, 6.45) is 4.10. The first kappa shape index (κ1) is 24.5. The van der Waals surface area contributed by atoms with E-state index in [2.05, 4.69) is 10.3 Å². The number of carbonyl (C=O) groups excluding carboxylic acids is 1. The molecule has 4 rings (SSSR count). The second-order valence-corrected chi connectivity index (χ2v) is 9.31. The van der Waals surface area contributed by atoms with Crippen molar-refractivity contribution >= 4 is 23.2 Å². The van der Waals surface area contributed by atoms with Gasteiger partial charge in [-0.1, -0.05) is 86.1 Å². The van der Waals surface area contributed by atoms with Crippen molar-refractivity contribution in [1.29, 1.82) is 0 Å². The fourth-order valence-electron chi connectivity index (χ4n) is 3.94. The molecule has 1 amide bonds. The number of imidazole rings is 1. The van der Waals surface area contributed by atoms with E-state index < -0.39 is 23.1 Å². The number of hydrogen-bond donors (Lipinski definition) is 2. The zero-order valence-corrected chi connectivity index (χ0v) is 20.3. The lowest BCUT2D eigenvalue weighted by Gasteiger charge is -2.39. The standard InChI is InChI=1S/C28H28ClN3O3/c1-28(2,27(29)34)24(25(33)31-22-11-7-4-8-12-22)26(32-18-17-30-19-32)35-23-15-13-21(14-16-23)20-9-5-3-6-10-20/h3-19,24,26-27,34H,1-2H3,(H,31,33). The number of hydrogen-bond acceptors (Lipinski definition) is 4. The molecular formula is C28H28ClN3O3. The van der Waals surface area contributed by atoms with Crippen LogP contribution in [0.1, 0.15) is 20.1 Å². The van der Waals surface area contributed by atoms with Crippen molar-refractivity contribution in [2.45, 2.75) is 25.6 Å².